The normalized spacial score (nSPS) is 15.4. The first-order valence-corrected chi connectivity index (χ1v) is 8.98. The van der Waals surface area contributed by atoms with Crippen molar-refractivity contribution in [2.75, 3.05) is 13.7 Å². The molecule has 1 fully saturated rings. The lowest BCUT2D eigenvalue weighted by Gasteiger charge is -2.27. The van der Waals surface area contributed by atoms with E-state index in [1.54, 1.807) is 13.2 Å². The highest BCUT2D eigenvalue weighted by Crippen LogP contribution is 2.35. The molecule has 5 heteroatoms. The van der Waals surface area contributed by atoms with Crippen molar-refractivity contribution >= 4 is 27.3 Å². The van der Waals surface area contributed by atoms with Crippen LogP contribution in [0.4, 0.5) is 4.39 Å². The number of methoxy groups -OCH3 is 1. The molecule has 23 heavy (non-hydrogen) atoms. The zero-order valence-electron chi connectivity index (χ0n) is 13.6. The second-order valence-electron chi connectivity index (χ2n) is 5.99. The molecular weight excluding hydrogens is 313 g/mol. The third-order valence-corrected chi connectivity index (χ3v) is 5.80. The molecule has 0 radical (unpaired) electrons. The summed E-state index contributed by atoms with van der Waals surface area (Å²) in [7, 11) is 1.58. The monoisotopic (exact) mass is 335 g/mol. The predicted octanol–water partition coefficient (Wildman–Crippen LogP) is 4.59. The standard InChI is InChI=1S/C18H22FNO2S/c1-3-20(12-7-4-5-8-12)18(21)17-13(11-22-2)16-14(19)9-6-10-15(16)23-17/h6,9-10,12H,3-5,7-8,11H2,1-2H3. The van der Waals surface area contributed by atoms with E-state index in [4.69, 9.17) is 4.74 Å². The SMILES string of the molecule is CCN(C(=O)c1sc2cccc(F)c2c1COC)C1CCCC1. The molecule has 0 saturated heterocycles. The van der Waals surface area contributed by atoms with Gasteiger partial charge in [-0.05, 0) is 31.9 Å². The molecule has 1 saturated carbocycles. The van der Waals surface area contributed by atoms with E-state index >= 15 is 0 Å². The van der Waals surface area contributed by atoms with E-state index in [2.05, 4.69) is 0 Å². The van der Waals surface area contributed by atoms with Crippen LogP contribution in [0.15, 0.2) is 18.2 Å². The largest absolute Gasteiger partial charge is 0.380 e. The van der Waals surface area contributed by atoms with E-state index in [9.17, 15) is 9.18 Å². The molecule has 1 heterocycles. The average molecular weight is 335 g/mol. The fourth-order valence-corrected chi connectivity index (χ4v) is 4.71. The van der Waals surface area contributed by atoms with Crippen LogP contribution in [0.25, 0.3) is 10.1 Å². The van der Waals surface area contributed by atoms with Crippen molar-refractivity contribution < 1.29 is 13.9 Å². The van der Waals surface area contributed by atoms with Gasteiger partial charge in [-0.1, -0.05) is 18.9 Å². The number of carbonyl (C=O) groups is 1. The van der Waals surface area contributed by atoms with Crippen LogP contribution in [-0.2, 0) is 11.3 Å². The quantitative estimate of drug-likeness (QED) is 0.800. The van der Waals surface area contributed by atoms with Gasteiger partial charge in [-0.15, -0.1) is 11.3 Å². The molecule has 124 valence electrons. The highest BCUT2D eigenvalue weighted by atomic mass is 32.1. The van der Waals surface area contributed by atoms with Crippen molar-refractivity contribution in [3.63, 3.8) is 0 Å². The summed E-state index contributed by atoms with van der Waals surface area (Å²) in [6, 6.07) is 5.31. The van der Waals surface area contributed by atoms with Gasteiger partial charge in [-0.2, -0.15) is 0 Å². The zero-order chi connectivity index (χ0) is 16.4. The first kappa shape index (κ1) is 16.4. The van der Waals surface area contributed by atoms with Crippen LogP contribution >= 0.6 is 11.3 Å². The van der Waals surface area contributed by atoms with Crippen LogP contribution in [0.5, 0.6) is 0 Å². The molecule has 1 aliphatic rings. The summed E-state index contributed by atoms with van der Waals surface area (Å²) < 4.78 is 20.3. The third kappa shape index (κ3) is 3.00. The molecule has 0 bridgehead atoms. The Morgan fingerprint density at radius 2 is 2.13 bits per heavy atom. The van der Waals surface area contributed by atoms with Crippen LogP contribution in [0.3, 0.4) is 0 Å². The molecule has 1 aromatic carbocycles. The van der Waals surface area contributed by atoms with Crippen LogP contribution in [0.1, 0.15) is 47.8 Å². The first-order valence-electron chi connectivity index (χ1n) is 8.17. The van der Waals surface area contributed by atoms with Crippen molar-refractivity contribution in [1.29, 1.82) is 0 Å². The summed E-state index contributed by atoms with van der Waals surface area (Å²) in [5, 5.41) is 0.533. The Labute approximate surface area is 140 Å². The lowest BCUT2D eigenvalue weighted by molar-refractivity contribution is 0.0694. The van der Waals surface area contributed by atoms with Gasteiger partial charge in [0.1, 0.15) is 5.82 Å². The highest BCUT2D eigenvalue weighted by Gasteiger charge is 2.29. The Bertz CT molecular complexity index is 706. The van der Waals surface area contributed by atoms with Gasteiger partial charge >= 0.3 is 0 Å². The smallest absolute Gasteiger partial charge is 0.264 e. The summed E-state index contributed by atoms with van der Waals surface area (Å²) in [6.45, 7) is 2.96. The van der Waals surface area contributed by atoms with Crippen LogP contribution in [-0.4, -0.2) is 30.5 Å². The van der Waals surface area contributed by atoms with Gasteiger partial charge in [-0.25, -0.2) is 4.39 Å². The molecule has 0 atom stereocenters. The van der Waals surface area contributed by atoms with Gasteiger partial charge in [0.15, 0.2) is 0 Å². The topological polar surface area (TPSA) is 29.5 Å². The van der Waals surface area contributed by atoms with Crippen molar-refractivity contribution in [2.45, 2.75) is 45.3 Å². The molecule has 1 amide bonds. The van der Waals surface area contributed by atoms with Crippen molar-refractivity contribution in [2.24, 2.45) is 0 Å². The molecule has 3 nitrogen and oxygen atoms in total. The molecule has 3 rings (SSSR count). The minimum atomic E-state index is -0.284. The number of nitrogens with zero attached hydrogens (tertiary/aromatic N) is 1. The van der Waals surface area contributed by atoms with Gasteiger partial charge in [0, 0.05) is 35.3 Å². The number of halogens is 1. The lowest BCUT2D eigenvalue weighted by atomic mass is 10.1. The number of rotatable bonds is 5. The van der Waals surface area contributed by atoms with E-state index in [1.165, 1.54) is 30.2 Å². The maximum Gasteiger partial charge on any atom is 0.264 e. The molecule has 2 aromatic rings. The molecular formula is C18H22FNO2S. The number of hydrogen-bond acceptors (Lipinski definition) is 3. The number of carbonyl (C=O) groups excluding carboxylic acids is 1. The van der Waals surface area contributed by atoms with E-state index in [0.29, 0.717) is 28.4 Å². The van der Waals surface area contributed by atoms with Crippen LogP contribution < -0.4 is 0 Å². The predicted molar refractivity (Wildman–Crippen MR) is 91.5 cm³/mol. The van der Waals surface area contributed by atoms with Gasteiger partial charge in [-0.3, -0.25) is 4.79 Å². The number of amides is 1. The molecule has 1 aromatic heterocycles. The van der Waals surface area contributed by atoms with Gasteiger partial charge in [0.2, 0.25) is 0 Å². The third-order valence-electron chi connectivity index (χ3n) is 4.61. The Balaban J connectivity index is 2.05. The fraction of sp³-hybridized carbons (Fsp3) is 0.500. The van der Waals surface area contributed by atoms with Crippen LogP contribution in [0, 0.1) is 5.82 Å². The Hall–Kier alpha value is -1.46. The maximum atomic E-state index is 14.3. The van der Waals surface area contributed by atoms with Crippen molar-refractivity contribution in [3.8, 4) is 0 Å². The zero-order valence-corrected chi connectivity index (χ0v) is 14.4. The molecule has 1 aliphatic carbocycles. The second-order valence-corrected chi connectivity index (χ2v) is 7.04. The van der Waals surface area contributed by atoms with Gasteiger partial charge in [0.25, 0.3) is 5.91 Å². The summed E-state index contributed by atoms with van der Waals surface area (Å²) >= 11 is 1.38. The van der Waals surface area contributed by atoms with Crippen molar-refractivity contribution in [1.82, 2.24) is 4.90 Å². The Morgan fingerprint density at radius 3 is 2.78 bits per heavy atom. The van der Waals surface area contributed by atoms with E-state index in [1.807, 2.05) is 17.9 Å². The Morgan fingerprint density at radius 1 is 1.39 bits per heavy atom. The summed E-state index contributed by atoms with van der Waals surface area (Å²) in [6.07, 6.45) is 4.50. The Kier molecular flexibility index (Phi) is 4.97. The minimum absolute atomic E-state index is 0.0204. The first-order chi connectivity index (χ1) is 11.2. The van der Waals surface area contributed by atoms with Gasteiger partial charge < -0.3 is 9.64 Å². The van der Waals surface area contributed by atoms with E-state index in [-0.39, 0.29) is 18.3 Å². The maximum absolute atomic E-state index is 14.3. The average Bonchev–Trinajstić information content (AvgIpc) is 3.17. The molecule has 0 aliphatic heterocycles. The van der Waals surface area contributed by atoms with Crippen molar-refractivity contribution in [3.05, 3.63) is 34.5 Å². The minimum Gasteiger partial charge on any atom is -0.380 e. The fourth-order valence-electron chi connectivity index (χ4n) is 3.54. The summed E-state index contributed by atoms with van der Waals surface area (Å²) in [5.74, 6) is -0.263. The number of fused-ring (bicyclic) bond motifs is 1. The number of thiophene rings is 1. The number of hydrogen-bond donors (Lipinski definition) is 0. The number of ether oxygens (including phenoxy) is 1. The molecule has 0 N–H and O–H groups in total. The summed E-state index contributed by atoms with van der Waals surface area (Å²) in [5.41, 5.74) is 0.687. The molecule has 0 unspecified atom stereocenters. The number of benzene rings is 1. The van der Waals surface area contributed by atoms with Gasteiger partial charge in [0.05, 0.1) is 11.5 Å². The van der Waals surface area contributed by atoms with E-state index in [0.717, 1.165) is 17.5 Å². The highest BCUT2D eigenvalue weighted by molar-refractivity contribution is 7.21. The molecule has 0 spiro atoms. The summed E-state index contributed by atoms with van der Waals surface area (Å²) in [4.78, 5) is 15.7. The van der Waals surface area contributed by atoms with Crippen LogP contribution in [0.2, 0.25) is 0 Å². The lowest BCUT2D eigenvalue weighted by Crippen LogP contribution is -2.38. The second kappa shape index (κ2) is 6.97. The van der Waals surface area contributed by atoms with E-state index < -0.39 is 0 Å².